The highest BCUT2D eigenvalue weighted by atomic mass is 16.5. The van der Waals surface area contributed by atoms with Crippen LogP contribution in [0.5, 0.6) is 0 Å². The molecule has 0 radical (unpaired) electrons. The van der Waals surface area contributed by atoms with E-state index in [9.17, 15) is 0 Å². The highest BCUT2D eigenvalue weighted by Gasteiger charge is 2.10. The van der Waals surface area contributed by atoms with Crippen molar-refractivity contribution in [3.63, 3.8) is 0 Å². The Hall–Kier alpha value is -1.86. The van der Waals surface area contributed by atoms with Gasteiger partial charge in [0.25, 0.3) is 5.89 Å². The first-order valence-electron chi connectivity index (χ1n) is 4.23. The van der Waals surface area contributed by atoms with Crippen molar-refractivity contribution in [2.75, 3.05) is 5.73 Å². The van der Waals surface area contributed by atoms with Gasteiger partial charge in [0.15, 0.2) is 0 Å². The Bertz CT molecular complexity index is 448. The van der Waals surface area contributed by atoms with Gasteiger partial charge in [0, 0.05) is 6.20 Å². The van der Waals surface area contributed by atoms with Gasteiger partial charge >= 0.3 is 0 Å². The second-order valence-corrected chi connectivity index (χ2v) is 3.02. The zero-order valence-corrected chi connectivity index (χ0v) is 7.74. The molecule has 0 saturated carbocycles. The molecule has 0 aromatic carbocycles. The van der Waals surface area contributed by atoms with Crippen LogP contribution in [-0.2, 0) is 6.54 Å². The third kappa shape index (κ3) is 2.14. The minimum absolute atomic E-state index is 0.134. The number of oxazole rings is 1. The number of aliphatic hydroxyl groups is 2. The van der Waals surface area contributed by atoms with E-state index in [2.05, 4.69) is 10.1 Å². The summed E-state index contributed by atoms with van der Waals surface area (Å²) >= 11 is 0. The molecule has 80 valence electrons. The molecule has 2 rings (SSSR count). The number of nitrogens with two attached hydrogens (primary N) is 1. The lowest BCUT2D eigenvalue weighted by molar-refractivity contribution is -0.0620. The van der Waals surface area contributed by atoms with Gasteiger partial charge in [0.1, 0.15) is 12.0 Å². The monoisotopic (exact) mass is 210 g/mol. The van der Waals surface area contributed by atoms with Gasteiger partial charge in [0.05, 0.1) is 18.4 Å². The Kier molecular flexibility index (Phi) is 2.40. The molecule has 2 aromatic rings. The van der Waals surface area contributed by atoms with Crippen molar-refractivity contribution in [3.8, 4) is 0 Å². The first-order chi connectivity index (χ1) is 7.15. The van der Waals surface area contributed by atoms with E-state index in [1.807, 2.05) is 0 Å². The smallest absolute Gasteiger partial charge is 0.251 e. The van der Waals surface area contributed by atoms with Crippen LogP contribution in [0.25, 0.3) is 0 Å². The summed E-state index contributed by atoms with van der Waals surface area (Å²) in [6.07, 6.45) is 2.81. The molecule has 0 aliphatic heterocycles. The highest BCUT2D eigenvalue weighted by molar-refractivity contribution is 5.30. The molecule has 0 atom stereocenters. The Morgan fingerprint density at radius 3 is 2.87 bits per heavy atom. The van der Waals surface area contributed by atoms with Crippen LogP contribution in [0.2, 0.25) is 0 Å². The van der Waals surface area contributed by atoms with E-state index >= 15 is 0 Å². The maximum atomic E-state index is 8.76. The van der Waals surface area contributed by atoms with Crippen molar-refractivity contribution in [1.29, 1.82) is 0 Å². The van der Waals surface area contributed by atoms with Crippen LogP contribution in [0.4, 0.5) is 5.69 Å². The Balaban J connectivity index is 2.11. The predicted molar refractivity (Wildman–Crippen MR) is 49.4 cm³/mol. The maximum Gasteiger partial charge on any atom is 0.251 e. The van der Waals surface area contributed by atoms with E-state index in [1.54, 1.807) is 10.9 Å². The SMILES string of the molecule is Nc1cnn(Cc2coc(C(O)O)n2)c1. The number of rotatable bonds is 3. The third-order valence-corrected chi connectivity index (χ3v) is 1.77. The number of anilines is 1. The summed E-state index contributed by atoms with van der Waals surface area (Å²) in [5.41, 5.74) is 6.58. The molecule has 4 N–H and O–H groups in total. The van der Waals surface area contributed by atoms with Gasteiger partial charge in [-0.1, -0.05) is 0 Å². The van der Waals surface area contributed by atoms with Crippen LogP contribution >= 0.6 is 0 Å². The predicted octanol–water partition coefficient (Wildman–Crippen LogP) is -0.515. The number of hydrogen-bond acceptors (Lipinski definition) is 6. The summed E-state index contributed by atoms with van der Waals surface area (Å²) in [6.45, 7) is 0.368. The van der Waals surface area contributed by atoms with Gasteiger partial charge in [-0.25, -0.2) is 4.98 Å². The summed E-state index contributed by atoms with van der Waals surface area (Å²) < 4.78 is 6.39. The van der Waals surface area contributed by atoms with Gasteiger partial charge in [-0.2, -0.15) is 5.10 Å². The van der Waals surface area contributed by atoms with Gasteiger partial charge in [-0.15, -0.1) is 0 Å². The fraction of sp³-hybridized carbons (Fsp3) is 0.250. The highest BCUT2D eigenvalue weighted by Crippen LogP contribution is 2.10. The van der Waals surface area contributed by atoms with Gasteiger partial charge < -0.3 is 20.4 Å². The van der Waals surface area contributed by atoms with E-state index in [0.29, 0.717) is 17.9 Å². The van der Waals surface area contributed by atoms with Crippen molar-refractivity contribution in [3.05, 3.63) is 30.2 Å². The fourth-order valence-corrected chi connectivity index (χ4v) is 1.15. The molecule has 7 heteroatoms. The largest absolute Gasteiger partial charge is 0.444 e. The zero-order chi connectivity index (χ0) is 10.8. The molecular weight excluding hydrogens is 200 g/mol. The number of nitrogens with zero attached hydrogens (tertiary/aromatic N) is 3. The molecule has 0 amide bonds. The Morgan fingerprint density at radius 1 is 1.53 bits per heavy atom. The van der Waals surface area contributed by atoms with E-state index < -0.39 is 6.29 Å². The third-order valence-electron chi connectivity index (χ3n) is 1.77. The molecule has 7 nitrogen and oxygen atoms in total. The average molecular weight is 210 g/mol. The fourth-order valence-electron chi connectivity index (χ4n) is 1.15. The van der Waals surface area contributed by atoms with Gasteiger partial charge in [-0.05, 0) is 0 Å². The molecule has 0 fully saturated rings. The molecule has 0 spiro atoms. The van der Waals surface area contributed by atoms with E-state index in [1.165, 1.54) is 12.5 Å². The molecule has 0 bridgehead atoms. The van der Waals surface area contributed by atoms with Crippen molar-refractivity contribution < 1.29 is 14.6 Å². The van der Waals surface area contributed by atoms with Crippen LogP contribution in [0, 0.1) is 0 Å². The summed E-state index contributed by atoms with van der Waals surface area (Å²) in [5.74, 6) is -0.134. The number of nitrogen functional groups attached to an aromatic ring is 1. The van der Waals surface area contributed by atoms with Crippen molar-refractivity contribution in [2.24, 2.45) is 0 Å². The normalized spacial score (nSPS) is 11.1. The van der Waals surface area contributed by atoms with E-state index in [0.717, 1.165) is 0 Å². The number of aromatic nitrogens is 3. The first-order valence-corrected chi connectivity index (χ1v) is 4.23. The zero-order valence-electron chi connectivity index (χ0n) is 7.74. The van der Waals surface area contributed by atoms with Crippen molar-refractivity contribution in [2.45, 2.75) is 12.8 Å². The topological polar surface area (TPSA) is 110 Å². The molecule has 0 aliphatic rings. The lowest BCUT2D eigenvalue weighted by Crippen LogP contribution is -2.01. The van der Waals surface area contributed by atoms with Crippen LogP contribution in [0.1, 0.15) is 17.9 Å². The minimum Gasteiger partial charge on any atom is -0.444 e. The Morgan fingerprint density at radius 2 is 2.33 bits per heavy atom. The molecular formula is C8H10N4O3. The quantitative estimate of drug-likeness (QED) is 0.588. The van der Waals surface area contributed by atoms with Crippen LogP contribution < -0.4 is 5.73 Å². The van der Waals surface area contributed by atoms with E-state index in [-0.39, 0.29) is 5.89 Å². The second kappa shape index (κ2) is 3.71. The maximum absolute atomic E-state index is 8.76. The average Bonchev–Trinajstić information content (AvgIpc) is 2.76. The van der Waals surface area contributed by atoms with Gasteiger partial charge in [0.2, 0.25) is 6.29 Å². The summed E-state index contributed by atoms with van der Waals surface area (Å²) in [6, 6.07) is 0. The number of hydrogen-bond donors (Lipinski definition) is 3. The molecule has 0 saturated heterocycles. The molecule has 2 aromatic heterocycles. The molecule has 15 heavy (non-hydrogen) atoms. The van der Waals surface area contributed by atoms with Crippen molar-refractivity contribution >= 4 is 5.69 Å². The summed E-state index contributed by atoms with van der Waals surface area (Å²) in [5, 5.41) is 21.5. The molecule has 0 aliphatic carbocycles. The minimum atomic E-state index is -1.69. The lowest BCUT2D eigenvalue weighted by atomic mass is 10.5. The molecule has 0 unspecified atom stereocenters. The van der Waals surface area contributed by atoms with Crippen LogP contribution in [0.3, 0.4) is 0 Å². The van der Waals surface area contributed by atoms with Gasteiger partial charge in [-0.3, -0.25) is 4.68 Å². The van der Waals surface area contributed by atoms with Crippen molar-refractivity contribution in [1.82, 2.24) is 14.8 Å². The number of aliphatic hydroxyl groups excluding tert-OH is 1. The summed E-state index contributed by atoms with van der Waals surface area (Å²) in [7, 11) is 0. The first kappa shape index (κ1) is 9.69. The van der Waals surface area contributed by atoms with E-state index in [4.69, 9.17) is 20.4 Å². The molecule has 2 heterocycles. The second-order valence-electron chi connectivity index (χ2n) is 3.02. The Labute approximate surface area is 84.8 Å². The lowest BCUT2D eigenvalue weighted by Gasteiger charge is -1.95. The summed E-state index contributed by atoms with van der Waals surface area (Å²) in [4.78, 5) is 3.85. The standard InChI is InChI=1S/C8H10N4O3/c9-5-1-10-12(2-5)3-6-4-15-7(11-6)8(13)14/h1-2,4,8,13-14H,3,9H2. The van der Waals surface area contributed by atoms with Crippen LogP contribution in [0.15, 0.2) is 23.1 Å². The van der Waals surface area contributed by atoms with Crippen LogP contribution in [-0.4, -0.2) is 25.0 Å².